The number of rotatable bonds is 11. The highest BCUT2D eigenvalue weighted by Gasteiger charge is 2.22. The van der Waals surface area contributed by atoms with Crippen LogP contribution in [0.1, 0.15) is 19.3 Å². The van der Waals surface area contributed by atoms with Crippen molar-refractivity contribution < 1.29 is 19.0 Å². The third-order valence-electron chi connectivity index (χ3n) is 6.48. The fraction of sp³-hybridized carbons (Fsp3) is 0.333. The van der Waals surface area contributed by atoms with Gasteiger partial charge in [-0.25, -0.2) is 14.4 Å². The number of halogens is 1. The minimum Gasteiger partial charge on any atom is -0.493 e. The SMILES string of the molecule is O=C(Cn1ccc(Nc2ncnc3cc(OCCCN4CCC[C@@H]4CO)ccc23)n1)Nc1cccc(F)c1. The third kappa shape index (κ3) is 6.42. The maximum absolute atomic E-state index is 13.3. The number of hydrogen-bond acceptors (Lipinski definition) is 8. The van der Waals surface area contributed by atoms with Gasteiger partial charge >= 0.3 is 0 Å². The lowest BCUT2D eigenvalue weighted by Crippen LogP contribution is -2.33. The van der Waals surface area contributed by atoms with E-state index < -0.39 is 5.82 Å². The molecule has 0 bridgehead atoms. The van der Waals surface area contributed by atoms with Gasteiger partial charge in [-0.15, -0.1) is 0 Å². The number of nitrogens with one attached hydrogen (secondary N) is 2. The second-order valence-corrected chi connectivity index (χ2v) is 9.20. The molecular weight excluding hydrogens is 489 g/mol. The molecule has 1 atom stereocenters. The number of carbonyl (C=O) groups excluding carboxylic acids is 1. The number of nitrogens with zero attached hydrogens (tertiary/aromatic N) is 5. The number of fused-ring (bicyclic) bond motifs is 1. The van der Waals surface area contributed by atoms with Crippen LogP contribution < -0.4 is 15.4 Å². The fourth-order valence-corrected chi connectivity index (χ4v) is 4.63. The maximum Gasteiger partial charge on any atom is 0.246 e. The van der Waals surface area contributed by atoms with Gasteiger partial charge in [0.25, 0.3) is 0 Å². The molecule has 1 saturated heterocycles. The van der Waals surface area contributed by atoms with Gasteiger partial charge in [-0.05, 0) is 56.1 Å². The van der Waals surface area contributed by atoms with E-state index >= 15 is 0 Å². The molecule has 0 saturated carbocycles. The third-order valence-corrected chi connectivity index (χ3v) is 6.48. The van der Waals surface area contributed by atoms with Crippen LogP contribution in [0.5, 0.6) is 5.75 Å². The number of likely N-dealkylation sites (tertiary alicyclic amines) is 1. The van der Waals surface area contributed by atoms with Gasteiger partial charge in [0.05, 0.1) is 18.7 Å². The molecule has 198 valence electrons. The van der Waals surface area contributed by atoms with Crippen molar-refractivity contribution in [2.45, 2.75) is 31.8 Å². The predicted octanol–water partition coefficient (Wildman–Crippen LogP) is 3.57. The fourth-order valence-electron chi connectivity index (χ4n) is 4.63. The van der Waals surface area contributed by atoms with Crippen LogP contribution in [-0.2, 0) is 11.3 Å². The Kier molecular flexibility index (Phi) is 8.05. The van der Waals surface area contributed by atoms with Crippen LogP contribution in [0.4, 0.5) is 21.7 Å². The average molecular weight is 520 g/mol. The summed E-state index contributed by atoms with van der Waals surface area (Å²) in [6.45, 7) is 2.72. The highest BCUT2D eigenvalue weighted by atomic mass is 19.1. The van der Waals surface area contributed by atoms with Gasteiger partial charge in [-0.2, -0.15) is 5.10 Å². The number of ether oxygens (including phenoxy) is 1. The zero-order valence-electron chi connectivity index (χ0n) is 20.9. The highest BCUT2D eigenvalue weighted by Crippen LogP contribution is 2.26. The summed E-state index contributed by atoms with van der Waals surface area (Å²) in [6.07, 6.45) is 6.23. The van der Waals surface area contributed by atoms with Crippen LogP contribution in [0.25, 0.3) is 10.9 Å². The van der Waals surface area contributed by atoms with E-state index in [1.807, 2.05) is 18.2 Å². The molecule has 1 aliphatic rings. The zero-order chi connectivity index (χ0) is 26.3. The molecule has 0 radical (unpaired) electrons. The monoisotopic (exact) mass is 519 g/mol. The topological polar surface area (TPSA) is 117 Å². The van der Waals surface area contributed by atoms with Crippen molar-refractivity contribution >= 4 is 34.1 Å². The quantitative estimate of drug-likeness (QED) is 0.258. The first kappa shape index (κ1) is 25.6. The molecule has 10 nitrogen and oxygen atoms in total. The lowest BCUT2D eigenvalue weighted by molar-refractivity contribution is -0.116. The normalized spacial score (nSPS) is 15.6. The second-order valence-electron chi connectivity index (χ2n) is 9.20. The summed E-state index contributed by atoms with van der Waals surface area (Å²) in [5, 5.41) is 20.5. The molecule has 5 rings (SSSR count). The van der Waals surface area contributed by atoms with Gasteiger partial charge in [0, 0.05) is 42.0 Å². The molecular formula is C27H30FN7O3. The number of aliphatic hydroxyl groups excluding tert-OH is 1. The van der Waals surface area contributed by atoms with E-state index in [0.29, 0.717) is 23.9 Å². The molecule has 11 heteroatoms. The van der Waals surface area contributed by atoms with Crippen molar-refractivity contribution in [3.63, 3.8) is 0 Å². The minimum absolute atomic E-state index is 0.0260. The predicted molar refractivity (Wildman–Crippen MR) is 142 cm³/mol. The molecule has 4 aromatic rings. The molecule has 1 amide bonds. The maximum atomic E-state index is 13.3. The smallest absolute Gasteiger partial charge is 0.246 e. The molecule has 0 spiro atoms. The molecule has 1 fully saturated rings. The highest BCUT2D eigenvalue weighted by molar-refractivity contribution is 5.91. The summed E-state index contributed by atoms with van der Waals surface area (Å²) in [5.41, 5.74) is 1.12. The number of carbonyl (C=O) groups is 1. The number of anilines is 3. The lowest BCUT2D eigenvalue weighted by Gasteiger charge is -2.22. The van der Waals surface area contributed by atoms with Gasteiger partial charge in [0.1, 0.15) is 30.3 Å². The van der Waals surface area contributed by atoms with Gasteiger partial charge in [0.15, 0.2) is 5.82 Å². The number of aromatic nitrogens is 4. The van der Waals surface area contributed by atoms with E-state index in [2.05, 4.69) is 30.6 Å². The van der Waals surface area contributed by atoms with E-state index in [9.17, 15) is 14.3 Å². The van der Waals surface area contributed by atoms with Crippen LogP contribution in [0, 0.1) is 5.82 Å². The van der Waals surface area contributed by atoms with Crippen LogP contribution in [0.2, 0.25) is 0 Å². The van der Waals surface area contributed by atoms with Gasteiger partial charge < -0.3 is 20.5 Å². The summed E-state index contributed by atoms with van der Waals surface area (Å²) >= 11 is 0. The zero-order valence-corrected chi connectivity index (χ0v) is 20.9. The van der Waals surface area contributed by atoms with E-state index in [1.165, 1.54) is 29.2 Å². The van der Waals surface area contributed by atoms with Crippen molar-refractivity contribution in [2.24, 2.45) is 0 Å². The Hall–Kier alpha value is -4.09. The van der Waals surface area contributed by atoms with E-state index in [-0.39, 0.29) is 25.1 Å². The number of amides is 1. The molecule has 3 heterocycles. The molecule has 1 aliphatic heterocycles. The summed E-state index contributed by atoms with van der Waals surface area (Å²) in [4.78, 5) is 23.3. The number of benzene rings is 2. The lowest BCUT2D eigenvalue weighted by atomic mass is 10.2. The average Bonchev–Trinajstić information content (AvgIpc) is 3.55. The first-order chi connectivity index (χ1) is 18.6. The van der Waals surface area contributed by atoms with Gasteiger partial charge in [-0.3, -0.25) is 14.4 Å². The summed E-state index contributed by atoms with van der Waals surface area (Å²) in [5.74, 6) is 1.10. The molecule has 2 aromatic carbocycles. The van der Waals surface area contributed by atoms with Crippen LogP contribution in [0.15, 0.2) is 61.1 Å². The molecule has 38 heavy (non-hydrogen) atoms. The van der Waals surface area contributed by atoms with Crippen LogP contribution >= 0.6 is 0 Å². The van der Waals surface area contributed by atoms with Crippen molar-refractivity contribution in [1.82, 2.24) is 24.6 Å². The Morgan fingerprint density at radius 2 is 2.11 bits per heavy atom. The first-order valence-corrected chi connectivity index (χ1v) is 12.7. The molecule has 0 aliphatic carbocycles. The Morgan fingerprint density at radius 1 is 1.18 bits per heavy atom. The summed E-state index contributed by atoms with van der Waals surface area (Å²) in [7, 11) is 0. The van der Waals surface area contributed by atoms with E-state index in [4.69, 9.17) is 4.74 Å². The first-order valence-electron chi connectivity index (χ1n) is 12.7. The number of hydrogen-bond donors (Lipinski definition) is 3. The van der Waals surface area contributed by atoms with Crippen molar-refractivity contribution in [3.8, 4) is 5.75 Å². The standard InChI is InChI=1S/C27H30FN7O3/c28-19-4-1-5-20(14-19)31-26(37)16-35-12-9-25(33-35)32-27-23-8-7-22(15-24(23)29-18-30-27)38-13-3-11-34-10-2-6-21(34)17-36/h1,4-5,7-9,12,14-15,18,21,36H,2-3,6,10-11,13,16-17H2,(H,31,37)(H,29,30,32,33)/t21-/m1/s1. The summed E-state index contributed by atoms with van der Waals surface area (Å²) in [6, 6.07) is 13.4. The summed E-state index contributed by atoms with van der Waals surface area (Å²) < 4.78 is 20.8. The van der Waals surface area contributed by atoms with Gasteiger partial charge in [0.2, 0.25) is 5.91 Å². The van der Waals surface area contributed by atoms with Crippen LogP contribution in [-0.4, -0.2) is 68.0 Å². The van der Waals surface area contributed by atoms with Crippen LogP contribution in [0.3, 0.4) is 0 Å². The molecule has 0 unspecified atom stereocenters. The molecule has 2 aromatic heterocycles. The Balaban J connectivity index is 1.16. The largest absolute Gasteiger partial charge is 0.493 e. The minimum atomic E-state index is -0.418. The number of aliphatic hydroxyl groups is 1. The Bertz CT molecular complexity index is 1400. The van der Waals surface area contributed by atoms with Gasteiger partial charge in [-0.1, -0.05) is 6.07 Å². The second kappa shape index (κ2) is 12.0. The van der Waals surface area contributed by atoms with E-state index in [1.54, 1.807) is 18.3 Å². The Labute approximate surface area is 219 Å². The van der Waals surface area contributed by atoms with E-state index in [0.717, 1.165) is 49.0 Å². The Morgan fingerprint density at radius 3 is 2.97 bits per heavy atom. The molecule has 3 N–H and O–H groups in total. The van der Waals surface area contributed by atoms with Crippen molar-refractivity contribution in [2.75, 3.05) is 36.9 Å². The van der Waals surface area contributed by atoms with Crippen molar-refractivity contribution in [3.05, 3.63) is 66.9 Å². The van der Waals surface area contributed by atoms with Crippen molar-refractivity contribution in [1.29, 1.82) is 0 Å².